The first kappa shape index (κ1) is 16.8. The van der Waals surface area contributed by atoms with Crippen LogP contribution in [0.25, 0.3) is 11.0 Å². The van der Waals surface area contributed by atoms with Crippen molar-refractivity contribution in [1.29, 1.82) is 0 Å². The van der Waals surface area contributed by atoms with Crippen LogP contribution in [0.2, 0.25) is 0 Å². The van der Waals surface area contributed by atoms with E-state index in [9.17, 15) is 22.8 Å². The van der Waals surface area contributed by atoms with Gasteiger partial charge < -0.3 is 9.15 Å². The van der Waals surface area contributed by atoms with Crippen LogP contribution < -0.4 is 0 Å². The van der Waals surface area contributed by atoms with Crippen LogP contribution in [0.5, 0.6) is 0 Å². The topological polar surface area (TPSA) is 56.5 Å². The Bertz CT molecular complexity index is 908. The van der Waals surface area contributed by atoms with Crippen LogP contribution in [0.4, 0.5) is 13.2 Å². The molecular formula is C18H11F3O4. The number of hydrogen-bond donors (Lipinski definition) is 0. The lowest BCUT2D eigenvalue weighted by Gasteiger charge is -2.11. The van der Waals surface area contributed by atoms with E-state index in [2.05, 4.69) is 0 Å². The van der Waals surface area contributed by atoms with Crippen molar-refractivity contribution in [3.63, 3.8) is 0 Å². The van der Waals surface area contributed by atoms with Crippen molar-refractivity contribution >= 4 is 22.7 Å². The van der Waals surface area contributed by atoms with Gasteiger partial charge in [0.15, 0.2) is 12.4 Å². The summed E-state index contributed by atoms with van der Waals surface area (Å²) in [5.74, 6) is -1.90. The van der Waals surface area contributed by atoms with Crippen LogP contribution in [0.3, 0.4) is 0 Å². The summed E-state index contributed by atoms with van der Waals surface area (Å²) in [5, 5.41) is 0.694. The van der Waals surface area contributed by atoms with Gasteiger partial charge in [-0.05, 0) is 24.3 Å². The number of halogens is 3. The van der Waals surface area contributed by atoms with Crippen molar-refractivity contribution in [2.75, 3.05) is 6.61 Å². The third-order valence-electron chi connectivity index (χ3n) is 3.49. The van der Waals surface area contributed by atoms with Gasteiger partial charge in [-0.25, -0.2) is 4.79 Å². The lowest BCUT2D eigenvalue weighted by atomic mass is 10.1. The highest BCUT2D eigenvalue weighted by Gasteiger charge is 2.35. The monoisotopic (exact) mass is 348 g/mol. The van der Waals surface area contributed by atoms with Gasteiger partial charge in [-0.3, -0.25) is 4.79 Å². The van der Waals surface area contributed by atoms with Gasteiger partial charge in [0.2, 0.25) is 5.78 Å². The molecule has 0 aliphatic rings. The number of alkyl halides is 3. The molecule has 0 saturated heterocycles. The molecule has 2 aromatic carbocycles. The van der Waals surface area contributed by atoms with Gasteiger partial charge in [0, 0.05) is 5.39 Å². The maximum Gasteiger partial charge on any atom is 0.417 e. The zero-order valence-electron chi connectivity index (χ0n) is 12.7. The van der Waals surface area contributed by atoms with Crippen LogP contribution in [-0.4, -0.2) is 18.4 Å². The molecule has 0 spiro atoms. The Hall–Kier alpha value is -3.09. The van der Waals surface area contributed by atoms with E-state index >= 15 is 0 Å². The number of para-hydroxylation sites is 1. The molecule has 0 bridgehead atoms. The summed E-state index contributed by atoms with van der Waals surface area (Å²) in [7, 11) is 0. The van der Waals surface area contributed by atoms with Gasteiger partial charge in [0.25, 0.3) is 0 Å². The number of benzene rings is 2. The minimum absolute atomic E-state index is 0.0295. The van der Waals surface area contributed by atoms with E-state index in [4.69, 9.17) is 9.15 Å². The molecule has 128 valence electrons. The second kappa shape index (κ2) is 6.43. The fourth-order valence-corrected chi connectivity index (χ4v) is 2.31. The number of esters is 1. The fourth-order valence-electron chi connectivity index (χ4n) is 2.31. The third-order valence-corrected chi connectivity index (χ3v) is 3.49. The molecular weight excluding hydrogens is 337 g/mol. The molecule has 7 heteroatoms. The molecule has 0 amide bonds. The van der Waals surface area contributed by atoms with E-state index in [-0.39, 0.29) is 5.76 Å². The number of Topliss-reactive ketones (excluding diaryl/α,β-unsaturated/α-hetero) is 1. The Morgan fingerprint density at radius 1 is 1.00 bits per heavy atom. The minimum atomic E-state index is -4.70. The summed E-state index contributed by atoms with van der Waals surface area (Å²) in [6.45, 7) is -0.717. The van der Waals surface area contributed by atoms with Gasteiger partial charge in [0.05, 0.1) is 11.1 Å². The molecule has 0 saturated carbocycles. The van der Waals surface area contributed by atoms with Gasteiger partial charge in [-0.1, -0.05) is 30.3 Å². The first-order valence-electron chi connectivity index (χ1n) is 7.21. The number of hydrogen-bond acceptors (Lipinski definition) is 4. The number of carbonyl (C=O) groups is 2. The Morgan fingerprint density at radius 3 is 2.40 bits per heavy atom. The first-order valence-corrected chi connectivity index (χ1v) is 7.21. The van der Waals surface area contributed by atoms with Gasteiger partial charge in [-0.2, -0.15) is 13.2 Å². The normalized spacial score (nSPS) is 11.5. The van der Waals surface area contributed by atoms with Gasteiger partial charge in [-0.15, -0.1) is 0 Å². The summed E-state index contributed by atoms with van der Waals surface area (Å²) in [6, 6.07) is 12.6. The summed E-state index contributed by atoms with van der Waals surface area (Å²) in [6.07, 6.45) is -4.70. The SMILES string of the molecule is O=C(COC(=O)c1ccccc1C(F)(F)F)c1cc2ccccc2o1. The lowest BCUT2D eigenvalue weighted by Crippen LogP contribution is -2.18. The predicted molar refractivity (Wildman–Crippen MR) is 82.3 cm³/mol. The molecule has 0 aliphatic carbocycles. The largest absolute Gasteiger partial charge is 0.454 e. The van der Waals surface area contributed by atoms with Crippen molar-refractivity contribution in [2.24, 2.45) is 0 Å². The molecule has 0 atom stereocenters. The number of furan rings is 1. The fraction of sp³-hybridized carbons (Fsp3) is 0.111. The van der Waals surface area contributed by atoms with E-state index < -0.39 is 35.7 Å². The number of ether oxygens (including phenoxy) is 1. The molecule has 1 heterocycles. The Morgan fingerprint density at radius 2 is 1.68 bits per heavy atom. The van der Waals surface area contributed by atoms with Gasteiger partial charge in [0.1, 0.15) is 5.58 Å². The average molecular weight is 348 g/mol. The summed E-state index contributed by atoms with van der Waals surface area (Å²) >= 11 is 0. The highest BCUT2D eigenvalue weighted by Crippen LogP contribution is 2.32. The average Bonchev–Trinajstić information content (AvgIpc) is 3.03. The van der Waals surface area contributed by atoms with Crippen LogP contribution in [0.1, 0.15) is 26.5 Å². The van der Waals surface area contributed by atoms with Crippen LogP contribution in [0.15, 0.2) is 59.0 Å². The quantitative estimate of drug-likeness (QED) is 0.515. The molecule has 0 unspecified atom stereocenters. The molecule has 0 aliphatic heterocycles. The number of ketones is 1. The number of carbonyl (C=O) groups excluding carboxylic acids is 2. The van der Waals surface area contributed by atoms with E-state index in [1.165, 1.54) is 18.2 Å². The molecule has 25 heavy (non-hydrogen) atoms. The molecule has 0 N–H and O–H groups in total. The van der Waals surface area contributed by atoms with E-state index in [0.717, 1.165) is 12.1 Å². The third kappa shape index (κ3) is 3.55. The molecule has 3 aromatic rings. The molecule has 3 rings (SSSR count). The number of fused-ring (bicyclic) bond motifs is 1. The molecule has 1 aromatic heterocycles. The van der Waals surface area contributed by atoms with Crippen LogP contribution in [0, 0.1) is 0 Å². The standard InChI is InChI=1S/C18H11F3O4/c19-18(20,21)13-7-3-2-6-12(13)17(23)24-10-14(22)16-9-11-5-1-4-8-15(11)25-16/h1-9H,10H2. The Kier molecular flexibility index (Phi) is 4.31. The zero-order chi connectivity index (χ0) is 18.0. The van der Waals surface area contributed by atoms with E-state index in [0.29, 0.717) is 11.0 Å². The van der Waals surface area contributed by atoms with Crippen molar-refractivity contribution in [3.8, 4) is 0 Å². The Balaban J connectivity index is 1.73. The second-order valence-electron chi connectivity index (χ2n) is 5.19. The summed E-state index contributed by atoms with van der Waals surface area (Å²) in [4.78, 5) is 24.0. The smallest absolute Gasteiger partial charge is 0.417 e. The maximum absolute atomic E-state index is 12.9. The predicted octanol–water partition coefficient (Wildman–Crippen LogP) is 4.49. The van der Waals surface area contributed by atoms with E-state index in [1.807, 2.05) is 0 Å². The van der Waals surface area contributed by atoms with Crippen LogP contribution in [-0.2, 0) is 10.9 Å². The summed E-state index contributed by atoms with van der Waals surface area (Å²) < 4.78 is 48.8. The highest BCUT2D eigenvalue weighted by atomic mass is 19.4. The number of rotatable bonds is 4. The van der Waals surface area contributed by atoms with Crippen molar-refractivity contribution < 1.29 is 31.9 Å². The van der Waals surface area contributed by atoms with Crippen molar-refractivity contribution in [1.82, 2.24) is 0 Å². The van der Waals surface area contributed by atoms with Gasteiger partial charge >= 0.3 is 12.1 Å². The van der Waals surface area contributed by atoms with Crippen molar-refractivity contribution in [3.05, 3.63) is 71.5 Å². The molecule has 0 radical (unpaired) electrons. The maximum atomic E-state index is 12.9. The second-order valence-corrected chi connectivity index (χ2v) is 5.19. The molecule has 0 fully saturated rings. The minimum Gasteiger partial charge on any atom is -0.454 e. The lowest BCUT2D eigenvalue weighted by molar-refractivity contribution is -0.138. The van der Waals surface area contributed by atoms with E-state index in [1.54, 1.807) is 24.3 Å². The molecule has 4 nitrogen and oxygen atoms in total. The van der Waals surface area contributed by atoms with Crippen molar-refractivity contribution in [2.45, 2.75) is 6.18 Å². The first-order chi connectivity index (χ1) is 11.9. The Labute approximate surface area is 139 Å². The zero-order valence-corrected chi connectivity index (χ0v) is 12.7. The summed E-state index contributed by atoms with van der Waals surface area (Å²) in [5.41, 5.74) is -1.27. The highest BCUT2D eigenvalue weighted by molar-refractivity contribution is 6.00. The van der Waals surface area contributed by atoms with Crippen LogP contribution >= 0.6 is 0 Å².